The Bertz CT molecular complexity index is 782. The standard InChI is InChI=1S/C21H27F2N3O3/c1-13-12-26(9-7-16(13)15-4-5-17(22)18(23)11-15)20(28)6-8-24-21(29)25-19(27)10-14-2-3-14/h4-5,11,13-14,16H,2-3,6-10,12H2,1H3,(H2,24,25,27,29)/t13-,16+/m0/s1. The van der Waals surface area contributed by atoms with E-state index in [4.69, 9.17) is 0 Å². The van der Waals surface area contributed by atoms with Gasteiger partial charge in [-0.1, -0.05) is 13.0 Å². The summed E-state index contributed by atoms with van der Waals surface area (Å²) in [7, 11) is 0. The summed E-state index contributed by atoms with van der Waals surface area (Å²) in [6.45, 7) is 3.19. The smallest absolute Gasteiger partial charge is 0.321 e. The van der Waals surface area contributed by atoms with Crippen LogP contribution in [-0.4, -0.2) is 42.4 Å². The Morgan fingerprint density at radius 2 is 1.90 bits per heavy atom. The first-order valence-corrected chi connectivity index (χ1v) is 10.1. The maximum atomic E-state index is 13.5. The minimum atomic E-state index is -0.861. The summed E-state index contributed by atoms with van der Waals surface area (Å²) >= 11 is 0. The molecule has 0 bridgehead atoms. The highest BCUT2D eigenvalue weighted by Gasteiger charge is 2.30. The van der Waals surface area contributed by atoms with Crippen molar-refractivity contribution in [3.63, 3.8) is 0 Å². The zero-order chi connectivity index (χ0) is 21.0. The Hall–Kier alpha value is -2.51. The molecule has 1 heterocycles. The van der Waals surface area contributed by atoms with Gasteiger partial charge in [0, 0.05) is 32.5 Å². The van der Waals surface area contributed by atoms with Gasteiger partial charge in [-0.3, -0.25) is 14.9 Å². The van der Waals surface area contributed by atoms with Gasteiger partial charge in [-0.15, -0.1) is 0 Å². The third-order valence-corrected chi connectivity index (χ3v) is 5.68. The molecule has 1 saturated carbocycles. The average Bonchev–Trinajstić information content (AvgIpc) is 3.47. The van der Waals surface area contributed by atoms with E-state index in [1.807, 2.05) is 6.92 Å². The fourth-order valence-electron chi connectivity index (χ4n) is 3.86. The van der Waals surface area contributed by atoms with E-state index >= 15 is 0 Å². The van der Waals surface area contributed by atoms with Crippen LogP contribution < -0.4 is 10.6 Å². The summed E-state index contributed by atoms with van der Waals surface area (Å²) in [5, 5.41) is 4.81. The van der Waals surface area contributed by atoms with Gasteiger partial charge in [0.05, 0.1) is 0 Å². The molecule has 2 N–H and O–H groups in total. The molecule has 2 aliphatic rings. The van der Waals surface area contributed by atoms with E-state index in [0.717, 1.165) is 24.5 Å². The Kier molecular flexibility index (Phi) is 6.82. The van der Waals surface area contributed by atoms with Crippen LogP contribution in [-0.2, 0) is 9.59 Å². The molecular formula is C21H27F2N3O3. The molecule has 1 aliphatic carbocycles. The highest BCUT2D eigenvalue weighted by Crippen LogP contribution is 2.33. The summed E-state index contributed by atoms with van der Waals surface area (Å²) in [6, 6.07) is 3.40. The molecule has 158 valence electrons. The molecule has 3 rings (SSSR count). The molecule has 1 aromatic carbocycles. The van der Waals surface area contributed by atoms with Gasteiger partial charge in [-0.25, -0.2) is 13.6 Å². The quantitative estimate of drug-likeness (QED) is 0.761. The minimum Gasteiger partial charge on any atom is -0.342 e. The number of hydrogen-bond acceptors (Lipinski definition) is 3. The number of carbonyl (C=O) groups is 3. The maximum absolute atomic E-state index is 13.5. The van der Waals surface area contributed by atoms with Crippen LogP contribution in [0, 0.1) is 23.5 Å². The van der Waals surface area contributed by atoms with Crippen LogP contribution in [0.15, 0.2) is 18.2 Å². The average molecular weight is 407 g/mol. The fourth-order valence-corrected chi connectivity index (χ4v) is 3.86. The number of urea groups is 1. The second kappa shape index (κ2) is 9.33. The highest BCUT2D eigenvalue weighted by atomic mass is 19.2. The van der Waals surface area contributed by atoms with Gasteiger partial charge in [0.1, 0.15) is 0 Å². The lowest BCUT2D eigenvalue weighted by molar-refractivity contribution is -0.133. The predicted octanol–water partition coefficient (Wildman–Crippen LogP) is 2.93. The Labute approximate surface area is 169 Å². The van der Waals surface area contributed by atoms with Gasteiger partial charge in [-0.2, -0.15) is 0 Å². The van der Waals surface area contributed by atoms with Gasteiger partial charge in [-0.05, 0) is 54.7 Å². The molecule has 2 atom stereocenters. The van der Waals surface area contributed by atoms with Crippen molar-refractivity contribution in [2.24, 2.45) is 11.8 Å². The summed E-state index contributed by atoms with van der Waals surface area (Å²) in [5.74, 6) is -1.51. The first kappa shape index (κ1) is 21.2. The van der Waals surface area contributed by atoms with Gasteiger partial charge in [0.15, 0.2) is 11.6 Å². The predicted molar refractivity (Wildman–Crippen MR) is 103 cm³/mol. The van der Waals surface area contributed by atoms with Crippen molar-refractivity contribution < 1.29 is 23.2 Å². The number of benzene rings is 1. The number of likely N-dealkylation sites (tertiary alicyclic amines) is 1. The van der Waals surface area contributed by atoms with Gasteiger partial charge < -0.3 is 10.2 Å². The van der Waals surface area contributed by atoms with E-state index in [1.54, 1.807) is 11.0 Å². The van der Waals surface area contributed by atoms with Crippen LogP contribution in [0.4, 0.5) is 13.6 Å². The lowest BCUT2D eigenvalue weighted by Gasteiger charge is -2.37. The lowest BCUT2D eigenvalue weighted by atomic mass is 9.81. The molecule has 4 amide bonds. The van der Waals surface area contributed by atoms with Gasteiger partial charge >= 0.3 is 6.03 Å². The van der Waals surface area contributed by atoms with Gasteiger partial charge in [0.25, 0.3) is 0 Å². The van der Waals surface area contributed by atoms with Crippen molar-refractivity contribution in [2.45, 2.75) is 44.9 Å². The second-order valence-electron chi connectivity index (χ2n) is 8.09. The van der Waals surface area contributed by atoms with E-state index in [0.29, 0.717) is 31.8 Å². The summed E-state index contributed by atoms with van der Waals surface area (Å²) in [5.41, 5.74) is 0.748. The third kappa shape index (κ3) is 5.98. The molecule has 0 aromatic heterocycles. The first-order valence-electron chi connectivity index (χ1n) is 10.1. The van der Waals surface area contributed by atoms with E-state index in [1.165, 1.54) is 6.07 Å². The molecule has 0 unspecified atom stereocenters. The zero-order valence-electron chi connectivity index (χ0n) is 16.5. The number of hydrogen-bond donors (Lipinski definition) is 2. The summed E-state index contributed by atoms with van der Waals surface area (Å²) in [4.78, 5) is 37.4. The largest absolute Gasteiger partial charge is 0.342 e. The molecular weight excluding hydrogens is 380 g/mol. The highest BCUT2D eigenvalue weighted by molar-refractivity contribution is 5.94. The number of amides is 4. The normalized spacial score (nSPS) is 21.6. The van der Waals surface area contributed by atoms with Crippen LogP contribution in [0.5, 0.6) is 0 Å². The minimum absolute atomic E-state index is 0.0653. The first-order chi connectivity index (χ1) is 13.8. The number of halogens is 2. The van der Waals surface area contributed by atoms with Gasteiger partial charge in [0.2, 0.25) is 11.8 Å². The van der Waals surface area contributed by atoms with E-state index in [9.17, 15) is 23.2 Å². The molecule has 0 spiro atoms. The van der Waals surface area contributed by atoms with E-state index in [2.05, 4.69) is 10.6 Å². The number of piperidine rings is 1. The molecule has 29 heavy (non-hydrogen) atoms. The molecule has 2 fully saturated rings. The monoisotopic (exact) mass is 407 g/mol. The van der Waals surface area contributed by atoms with Crippen molar-refractivity contribution in [3.8, 4) is 0 Å². The molecule has 8 heteroatoms. The van der Waals surface area contributed by atoms with Crippen molar-refractivity contribution >= 4 is 17.8 Å². The Morgan fingerprint density at radius 1 is 1.14 bits per heavy atom. The number of carbonyl (C=O) groups excluding carboxylic acids is 3. The van der Waals surface area contributed by atoms with Crippen molar-refractivity contribution in [1.29, 1.82) is 0 Å². The third-order valence-electron chi connectivity index (χ3n) is 5.68. The van der Waals surface area contributed by atoms with Crippen LogP contribution in [0.2, 0.25) is 0 Å². The Morgan fingerprint density at radius 3 is 2.55 bits per heavy atom. The SMILES string of the molecule is C[C@H]1CN(C(=O)CCNC(=O)NC(=O)CC2CC2)CC[C@H]1c1ccc(F)c(F)c1. The van der Waals surface area contributed by atoms with Crippen LogP contribution in [0.25, 0.3) is 0 Å². The fraction of sp³-hybridized carbons (Fsp3) is 0.571. The number of nitrogens with one attached hydrogen (secondary N) is 2. The molecule has 1 aromatic rings. The molecule has 1 saturated heterocycles. The lowest BCUT2D eigenvalue weighted by Crippen LogP contribution is -2.44. The molecule has 0 radical (unpaired) electrons. The molecule has 1 aliphatic heterocycles. The van der Waals surface area contributed by atoms with Crippen molar-refractivity contribution in [1.82, 2.24) is 15.5 Å². The van der Waals surface area contributed by atoms with E-state index < -0.39 is 17.7 Å². The zero-order valence-corrected chi connectivity index (χ0v) is 16.5. The van der Waals surface area contributed by atoms with Crippen LogP contribution in [0.1, 0.15) is 50.5 Å². The van der Waals surface area contributed by atoms with E-state index in [-0.39, 0.29) is 36.6 Å². The Balaban J connectivity index is 1.40. The number of nitrogens with zero attached hydrogens (tertiary/aromatic N) is 1. The van der Waals surface area contributed by atoms with Crippen molar-refractivity contribution in [3.05, 3.63) is 35.4 Å². The second-order valence-corrected chi connectivity index (χ2v) is 8.09. The van der Waals surface area contributed by atoms with Crippen molar-refractivity contribution in [2.75, 3.05) is 19.6 Å². The summed E-state index contributed by atoms with van der Waals surface area (Å²) < 4.78 is 26.7. The topological polar surface area (TPSA) is 78.5 Å². The van der Waals surface area contributed by atoms with Crippen LogP contribution >= 0.6 is 0 Å². The number of rotatable bonds is 6. The summed E-state index contributed by atoms with van der Waals surface area (Å²) in [6.07, 6.45) is 3.26. The van der Waals surface area contributed by atoms with Crippen LogP contribution in [0.3, 0.4) is 0 Å². The maximum Gasteiger partial charge on any atom is 0.321 e. The molecule has 6 nitrogen and oxygen atoms in total. The number of imide groups is 1.